The minimum absolute atomic E-state index is 0.156. The van der Waals surface area contributed by atoms with E-state index < -0.39 is 0 Å². The maximum absolute atomic E-state index is 13.1. The molecule has 26 heavy (non-hydrogen) atoms. The number of amides is 1. The maximum atomic E-state index is 13.1. The molecule has 3 rings (SSSR count). The molecule has 1 amide bonds. The number of benzene rings is 3. The van der Waals surface area contributed by atoms with Gasteiger partial charge in [-0.2, -0.15) is 0 Å². The number of carbonyl (C=O) groups is 1. The Morgan fingerprint density at radius 3 is 2.31 bits per heavy atom. The van der Waals surface area contributed by atoms with E-state index in [1.807, 2.05) is 84.9 Å². The fourth-order valence-electron chi connectivity index (χ4n) is 2.79. The largest absolute Gasteiger partial charge is 0.322 e. The van der Waals surface area contributed by atoms with E-state index >= 15 is 0 Å². The summed E-state index contributed by atoms with van der Waals surface area (Å²) in [5, 5.41) is 3.66. The van der Waals surface area contributed by atoms with Crippen molar-refractivity contribution in [3.8, 4) is 0 Å². The Balaban J connectivity index is 2.01. The van der Waals surface area contributed by atoms with Gasteiger partial charge < -0.3 is 5.32 Å². The molecule has 0 fully saturated rings. The Hall–Kier alpha value is -2.84. The molecule has 3 aromatic carbocycles. The average Bonchev–Trinajstić information content (AvgIpc) is 2.68. The lowest BCUT2D eigenvalue weighted by Crippen LogP contribution is -2.14. The van der Waals surface area contributed by atoms with Gasteiger partial charge in [0, 0.05) is 16.3 Å². The van der Waals surface area contributed by atoms with Gasteiger partial charge in [0.15, 0.2) is 0 Å². The molecule has 0 atom stereocenters. The van der Waals surface area contributed by atoms with Gasteiger partial charge in [-0.05, 0) is 41.3 Å². The Morgan fingerprint density at radius 1 is 0.923 bits per heavy atom. The summed E-state index contributed by atoms with van der Waals surface area (Å²) in [7, 11) is 0. The van der Waals surface area contributed by atoms with Gasteiger partial charge in [0.2, 0.25) is 0 Å². The van der Waals surface area contributed by atoms with Crippen molar-refractivity contribution in [1.82, 2.24) is 0 Å². The van der Waals surface area contributed by atoms with Crippen LogP contribution in [0.25, 0.3) is 11.6 Å². The van der Waals surface area contributed by atoms with Gasteiger partial charge in [0.1, 0.15) is 0 Å². The van der Waals surface area contributed by atoms with Gasteiger partial charge >= 0.3 is 0 Å². The minimum atomic E-state index is -0.156. The molecule has 0 saturated heterocycles. The van der Waals surface area contributed by atoms with Crippen molar-refractivity contribution >= 4 is 34.8 Å². The first-order chi connectivity index (χ1) is 12.7. The second-order valence-electron chi connectivity index (χ2n) is 5.91. The van der Waals surface area contributed by atoms with Crippen LogP contribution in [0.15, 0.2) is 78.9 Å². The van der Waals surface area contributed by atoms with Crippen molar-refractivity contribution in [3.63, 3.8) is 0 Å². The summed E-state index contributed by atoms with van der Waals surface area (Å²) in [4.78, 5) is 13.1. The highest BCUT2D eigenvalue weighted by molar-refractivity contribution is 6.34. The molecule has 0 aliphatic rings. The van der Waals surface area contributed by atoms with Crippen molar-refractivity contribution < 1.29 is 4.79 Å². The molecule has 0 radical (unpaired) electrons. The van der Waals surface area contributed by atoms with E-state index in [0.717, 1.165) is 28.8 Å². The number of rotatable bonds is 5. The number of nitrogens with one attached hydrogen (secondary N) is 1. The van der Waals surface area contributed by atoms with Gasteiger partial charge in [-0.3, -0.25) is 4.79 Å². The lowest BCUT2D eigenvalue weighted by atomic mass is 10.0. The van der Waals surface area contributed by atoms with Crippen LogP contribution in [0.5, 0.6) is 0 Å². The summed E-state index contributed by atoms with van der Waals surface area (Å²) in [6, 6.07) is 25.0. The second-order valence-corrected chi connectivity index (χ2v) is 6.32. The standard InChI is InChI=1S/C23H20ClNO/c1-2-17-10-7-9-15-22(17)25-23(26)20(18-11-4-3-5-12-18)16-19-13-6-8-14-21(19)24/h3-16H,2H2,1H3,(H,25,26)/b20-16+. The van der Waals surface area contributed by atoms with E-state index in [4.69, 9.17) is 11.6 Å². The minimum Gasteiger partial charge on any atom is -0.322 e. The zero-order chi connectivity index (χ0) is 18.4. The summed E-state index contributed by atoms with van der Waals surface area (Å²) >= 11 is 6.29. The smallest absolute Gasteiger partial charge is 0.256 e. The second kappa shape index (κ2) is 8.50. The highest BCUT2D eigenvalue weighted by Crippen LogP contribution is 2.25. The van der Waals surface area contributed by atoms with Crippen LogP contribution in [0, 0.1) is 0 Å². The Kier molecular flexibility index (Phi) is 5.88. The average molecular weight is 362 g/mol. The number of carbonyl (C=O) groups excluding carboxylic acids is 1. The van der Waals surface area contributed by atoms with Crippen molar-refractivity contribution in [2.45, 2.75) is 13.3 Å². The van der Waals surface area contributed by atoms with Crippen LogP contribution in [0.3, 0.4) is 0 Å². The fraction of sp³-hybridized carbons (Fsp3) is 0.0870. The van der Waals surface area contributed by atoms with Crippen LogP contribution in [0.4, 0.5) is 5.69 Å². The molecule has 0 bridgehead atoms. The van der Waals surface area contributed by atoms with E-state index in [9.17, 15) is 4.79 Å². The molecule has 3 heteroatoms. The summed E-state index contributed by atoms with van der Waals surface area (Å²) in [5.41, 5.74) is 4.17. The quantitative estimate of drug-likeness (QED) is 0.433. The zero-order valence-corrected chi connectivity index (χ0v) is 15.3. The third-order valence-corrected chi connectivity index (χ3v) is 4.53. The number of halogens is 1. The summed E-state index contributed by atoms with van der Waals surface area (Å²) in [5.74, 6) is -0.156. The monoisotopic (exact) mass is 361 g/mol. The molecular formula is C23H20ClNO. The van der Waals surface area contributed by atoms with Crippen LogP contribution >= 0.6 is 11.6 Å². The Morgan fingerprint density at radius 2 is 1.58 bits per heavy atom. The first kappa shape index (κ1) is 18.0. The highest BCUT2D eigenvalue weighted by Gasteiger charge is 2.14. The lowest BCUT2D eigenvalue weighted by molar-refractivity contribution is -0.111. The van der Waals surface area contributed by atoms with Crippen LogP contribution in [-0.2, 0) is 11.2 Å². The van der Waals surface area contributed by atoms with Gasteiger partial charge in [-0.15, -0.1) is 0 Å². The number of hydrogen-bond acceptors (Lipinski definition) is 1. The maximum Gasteiger partial charge on any atom is 0.256 e. The van der Waals surface area contributed by atoms with E-state index in [1.54, 1.807) is 0 Å². The predicted octanol–water partition coefficient (Wildman–Crippen LogP) is 6.08. The first-order valence-corrected chi connectivity index (χ1v) is 8.97. The molecule has 3 aromatic rings. The number of anilines is 1. The van der Waals surface area contributed by atoms with Crippen LogP contribution in [0.2, 0.25) is 5.02 Å². The third kappa shape index (κ3) is 4.22. The van der Waals surface area contributed by atoms with Crippen molar-refractivity contribution in [2.75, 3.05) is 5.32 Å². The SMILES string of the molecule is CCc1ccccc1NC(=O)/C(=C/c1ccccc1Cl)c1ccccc1. The van der Waals surface area contributed by atoms with Crippen molar-refractivity contribution in [1.29, 1.82) is 0 Å². The van der Waals surface area contributed by atoms with Gasteiger partial charge in [-0.1, -0.05) is 85.3 Å². The van der Waals surface area contributed by atoms with Crippen molar-refractivity contribution in [2.24, 2.45) is 0 Å². The molecular weight excluding hydrogens is 342 g/mol. The van der Waals surface area contributed by atoms with Crippen molar-refractivity contribution in [3.05, 3.63) is 101 Å². The van der Waals surface area contributed by atoms with Gasteiger partial charge in [0.05, 0.1) is 0 Å². The summed E-state index contributed by atoms with van der Waals surface area (Å²) in [6.45, 7) is 2.07. The van der Waals surface area contributed by atoms with Crippen LogP contribution in [0.1, 0.15) is 23.6 Å². The molecule has 0 heterocycles. The molecule has 0 spiro atoms. The Bertz CT molecular complexity index is 932. The molecule has 0 aromatic heterocycles. The lowest BCUT2D eigenvalue weighted by Gasteiger charge is -2.13. The molecule has 0 unspecified atom stereocenters. The van der Waals surface area contributed by atoms with E-state index in [0.29, 0.717) is 10.6 Å². The zero-order valence-electron chi connectivity index (χ0n) is 14.6. The topological polar surface area (TPSA) is 29.1 Å². The number of para-hydroxylation sites is 1. The number of aryl methyl sites for hydroxylation is 1. The normalized spacial score (nSPS) is 11.2. The predicted molar refractivity (Wildman–Crippen MR) is 110 cm³/mol. The first-order valence-electron chi connectivity index (χ1n) is 8.60. The molecule has 0 aliphatic heterocycles. The molecule has 0 saturated carbocycles. The van der Waals surface area contributed by atoms with E-state index in [1.165, 1.54) is 0 Å². The Labute approximate surface area is 159 Å². The summed E-state index contributed by atoms with van der Waals surface area (Å²) < 4.78 is 0. The summed E-state index contributed by atoms with van der Waals surface area (Å²) in [6.07, 6.45) is 2.69. The van der Waals surface area contributed by atoms with Crippen LogP contribution in [-0.4, -0.2) is 5.91 Å². The molecule has 130 valence electrons. The van der Waals surface area contributed by atoms with Crippen LogP contribution < -0.4 is 5.32 Å². The highest BCUT2D eigenvalue weighted by atomic mass is 35.5. The van der Waals surface area contributed by atoms with Gasteiger partial charge in [0.25, 0.3) is 5.91 Å². The third-order valence-electron chi connectivity index (χ3n) is 4.18. The number of hydrogen-bond donors (Lipinski definition) is 1. The van der Waals surface area contributed by atoms with E-state index in [2.05, 4.69) is 12.2 Å². The molecule has 2 nitrogen and oxygen atoms in total. The van der Waals surface area contributed by atoms with Gasteiger partial charge in [-0.25, -0.2) is 0 Å². The van der Waals surface area contributed by atoms with E-state index in [-0.39, 0.29) is 5.91 Å². The molecule has 1 N–H and O–H groups in total. The fourth-order valence-corrected chi connectivity index (χ4v) is 2.98. The molecule has 0 aliphatic carbocycles.